The molecule has 3 aromatic rings. The Labute approximate surface area is 140 Å². The molecule has 3 nitrogen and oxygen atoms in total. The maximum absolute atomic E-state index is 12.2. The molecule has 0 bridgehead atoms. The van der Waals surface area contributed by atoms with Crippen LogP contribution in [0.25, 0.3) is 28.0 Å². The van der Waals surface area contributed by atoms with Crippen LogP contribution in [0.1, 0.15) is 15.9 Å². The maximum Gasteiger partial charge on any atom is 0.186 e. The van der Waals surface area contributed by atoms with E-state index in [0.717, 1.165) is 33.0 Å². The summed E-state index contributed by atoms with van der Waals surface area (Å²) in [4.78, 5) is 12.2. The van der Waals surface area contributed by atoms with Crippen molar-refractivity contribution in [1.82, 2.24) is 0 Å². The summed E-state index contributed by atoms with van der Waals surface area (Å²) in [7, 11) is 3.25. The van der Waals surface area contributed by atoms with Gasteiger partial charge in [0, 0.05) is 10.9 Å². The first kappa shape index (κ1) is 14.5. The minimum absolute atomic E-state index is 0.0533. The van der Waals surface area contributed by atoms with E-state index in [2.05, 4.69) is 6.07 Å². The fourth-order valence-electron chi connectivity index (χ4n) is 3.29. The number of hydrogen-bond donors (Lipinski definition) is 0. The van der Waals surface area contributed by atoms with Gasteiger partial charge in [-0.05, 0) is 46.4 Å². The van der Waals surface area contributed by atoms with E-state index in [4.69, 9.17) is 9.47 Å². The average molecular weight is 316 g/mol. The van der Waals surface area contributed by atoms with Gasteiger partial charge in [0.25, 0.3) is 0 Å². The third kappa shape index (κ3) is 2.09. The third-order valence-electron chi connectivity index (χ3n) is 4.45. The van der Waals surface area contributed by atoms with Crippen LogP contribution in [-0.4, -0.2) is 20.0 Å². The summed E-state index contributed by atoms with van der Waals surface area (Å²) in [6, 6.07) is 15.9. The van der Waals surface area contributed by atoms with Gasteiger partial charge >= 0.3 is 0 Å². The van der Waals surface area contributed by atoms with Crippen molar-refractivity contribution in [2.45, 2.75) is 0 Å². The van der Waals surface area contributed by atoms with Gasteiger partial charge in [0.05, 0.1) is 14.2 Å². The topological polar surface area (TPSA) is 35.5 Å². The highest BCUT2D eigenvalue weighted by Crippen LogP contribution is 2.38. The number of ketones is 1. The Morgan fingerprint density at radius 2 is 1.58 bits per heavy atom. The summed E-state index contributed by atoms with van der Waals surface area (Å²) in [5.41, 5.74) is 3.93. The molecule has 0 fully saturated rings. The molecule has 0 saturated heterocycles. The lowest BCUT2D eigenvalue weighted by Crippen LogP contribution is -2.02. The molecule has 1 aliphatic carbocycles. The average Bonchev–Trinajstić information content (AvgIpc) is 2.64. The van der Waals surface area contributed by atoms with Crippen molar-refractivity contribution in [2.24, 2.45) is 0 Å². The Kier molecular flexibility index (Phi) is 3.35. The van der Waals surface area contributed by atoms with Gasteiger partial charge in [0.15, 0.2) is 17.3 Å². The second-order valence-electron chi connectivity index (χ2n) is 5.70. The summed E-state index contributed by atoms with van der Waals surface area (Å²) in [5, 5.41) is 2.08. The molecule has 0 heterocycles. The van der Waals surface area contributed by atoms with Crippen molar-refractivity contribution in [2.75, 3.05) is 14.2 Å². The molecule has 3 heteroatoms. The Bertz CT molecular complexity index is 999. The molecule has 0 amide bonds. The van der Waals surface area contributed by atoms with Crippen LogP contribution in [0.5, 0.6) is 11.5 Å². The number of rotatable bonds is 3. The van der Waals surface area contributed by atoms with Gasteiger partial charge in [0.1, 0.15) is 0 Å². The Balaban J connectivity index is 2.00. The lowest BCUT2D eigenvalue weighted by atomic mass is 9.88. The van der Waals surface area contributed by atoms with Gasteiger partial charge in [-0.3, -0.25) is 4.79 Å². The van der Waals surface area contributed by atoms with E-state index in [1.807, 2.05) is 48.5 Å². The van der Waals surface area contributed by atoms with Gasteiger partial charge in [-0.2, -0.15) is 0 Å². The third-order valence-corrected chi connectivity index (χ3v) is 4.45. The highest BCUT2D eigenvalue weighted by Gasteiger charge is 2.17. The van der Waals surface area contributed by atoms with Crippen LogP contribution in [-0.2, 0) is 0 Å². The first-order valence-corrected chi connectivity index (χ1v) is 7.73. The Morgan fingerprint density at radius 1 is 0.792 bits per heavy atom. The molecule has 3 aromatic carbocycles. The predicted molar refractivity (Wildman–Crippen MR) is 95.9 cm³/mol. The zero-order chi connectivity index (χ0) is 16.7. The van der Waals surface area contributed by atoms with E-state index in [-0.39, 0.29) is 5.78 Å². The Hall–Kier alpha value is -3.07. The molecule has 0 aromatic heterocycles. The van der Waals surface area contributed by atoms with E-state index >= 15 is 0 Å². The molecule has 0 radical (unpaired) electrons. The van der Waals surface area contributed by atoms with Gasteiger partial charge in [-0.15, -0.1) is 0 Å². The number of carbonyl (C=O) groups excluding carboxylic acids is 1. The molecular formula is C21H16O3. The molecule has 0 atom stereocenters. The zero-order valence-corrected chi connectivity index (χ0v) is 13.5. The van der Waals surface area contributed by atoms with E-state index in [0.29, 0.717) is 11.5 Å². The lowest BCUT2D eigenvalue weighted by molar-refractivity contribution is 0.104. The van der Waals surface area contributed by atoms with Crippen LogP contribution >= 0.6 is 0 Å². The molecule has 0 unspecified atom stereocenters. The molecule has 0 aliphatic heterocycles. The minimum atomic E-state index is 0.0533. The van der Waals surface area contributed by atoms with Crippen molar-refractivity contribution in [3.8, 4) is 22.6 Å². The fraction of sp³-hybridized carbons (Fsp3) is 0.0952. The lowest BCUT2D eigenvalue weighted by Gasteiger charge is -2.16. The number of methoxy groups -OCH3 is 2. The predicted octanol–water partition coefficient (Wildman–Crippen LogP) is 4.73. The SMILES string of the molecule is COc1ccc(-c2ccc3c4c(cccc24)C=CC3=O)cc1OC. The van der Waals surface area contributed by atoms with Crippen molar-refractivity contribution < 1.29 is 14.3 Å². The number of allylic oxidation sites excluding steroid dienone is 1. The van der Waals surface area contributed by atoms with Crippen molar-refractivity contribution in [3.63, 3.8) is 0 Å². The van der Waals surface area contributed by atoms with Gasteiger partial charge in [-0.1, -0.05) is 36.4 Å². The summed E-state index contributed by atoms with van der Waals surface area (Å²) >= 11 is 0. The number of ether oxygens (including phenoxy) is 2. The molecule has 4 rings (SSSR count). The van der Waals surface area contributed by atoms with Gasteiger partial charge in [0.2, 0.25) is 0 Å². The minimum Gasteiger partial charge on any atom is -0.493 e. The van der Waals surface area contributed by atoms with Crippen molar-refractivity contribution in [1.29, 1.82) is 0 Å². The van der Waals surface area contributed by atoms with Crippen LogP contribution in [0.4, 0.5) is 0 Å². The number of carbonyl (C=O) groups is 1. The number of hydrogen-bond acceptors (Lipinski definition) is 3. The van der Waals surface area contributed by atoms with Crippen LogP contribution in [0.3, 0.4) is 0 Å². The van der Waals surface area contributed by atoms with E-state index in [9.17, 15) is 4.79 Å². The normalized spacial score (nSPS) is 12.5. The molecule has 1 aliphatic rings. The molecule has 24 heavy (non-hydrogen) atoms. The van der Waals surface area contributed by atoms with Crippen molar-refractivity contribution in [3.05, 3.63) is 65.7 Å². The summed E-state index contributed by atoms with van der Waals surface area (Å²) in [6.45, 7) is 0. The molecular weight excluding hydrogens is 300 g/mol. The van der Waals surface area contributed by atoms with E-state index < -0.39 is 0 Å². The van der Waals surface area contributed by atoms with Crippen LogP contribution in [0.2, 0.25) is 0 Å². The first-order chi connectivity index (χ1) is 11.7. The molecule has 0 N–H and O–H groups in total. The van der Waals surface area contributed by atoms with Gasteiger partial charge < -0.3 is 9.47 Å². The highest BCUT2D eigenvalue weighted by molar-refractivity contribution is 6.21. The first-order valence-electron chi connectivity index (χ1n) is 7.73. The van der Waals surface area contributed by atoms with Crippen molar-refractivity contribution >= 4 is 22.6 Å². The fourth-order valence-corrected chi connectivity index (χ4v) is 3.29. The molecule has 0 saturated carbocycles. The van der Waals surface area contributed by atoms with Crippen LogP contribution < -0.4 is 9.47 Å². The van der Waals surface area contributed by atoms with Crippen LogP contribution in [0.15, 0.2) is 54.6 Å². The van der Waals surface area contributed by atoms with E-state index in [1.54, 1.807) is 20.3 Å². The Morgan fingerprint density at radius 3 is 2.38 bits per heavy atom. The number of benzene rings is 3. The van der Waals surface area contributed by atoms with Crippen LogP contribution in [0, 0.1) is 0 Å². The summed E-state index contributed by atoms with van der Waals surface area (Å²) in [6.07, 6.45) is 3.52. The highest BCUT2D eigenvalue weighted by atomic mass is 16.5. The van der Waals surface area contributed by atoms with Gasteiger partial charge in [-0.25, -0.2) is 0 Å². The second kappa shape index (κ2) is 5.53. The smallest absolute Gasteiger partial charge is 0.186 e. The second-order valence-corrected chi connectivity index (χ2v) is 5.70. The largest absolute Gasteiger partial charge is 0.493 e. The quantitative estimate of drug-likeness (QED) is 0.700. The van der Waals surface area contributed by atoms with E-state index in [1.165, 1.54) is 0 Å². The summed E-state index contributed by atoms with van der Waals surface area (Å²) < 4.78 is 10.7. The maximum atomic E-state index is 12.2. The monoisotopic (exact) mass is 316 g/mol. The summed E-state index contributed by atoms with van der Waals surface area (Å²) in [5.74, 6) is 1.44. The zero-order valence-electron chi connectivity index (χ0n) is 13.5. The molecule has 0 spiro atoms. The standard InChI is InChI=1S/C21H16O3/c1-23-19-11-7-14(12-20(19)24-2)15-8-9-17-18(22)10-6-13-4-3-5-16(15)21(13)17/h3-12H,1-2H3. The molecule has 118 valence electrons.